The fourth-order valence-electron chi connectivity index (χ4n) is 1.90. The average molecular weight is 349 g/mol. The predicted molar refractivity (Wildman–Crippen MR) is 69.6 cm³/mol. The highest BCUT2D eigenvalue weighted by atomic mass is 79.9. The highest BCUT2D eigenvalue weighted by Gasteiger charge is 2.25. The van der Waals surface area contributed by atoms with Gasteiger partial charge >= 0.3 is 0 Å². The topological polar surface area (TPSA) is 38.0 Å². The van der Waals surface area contributed by atoms with Gasteiger partial charge in [0.15, 0.2) is 11.6 Å². The van der Waals surface area contributed by atoms with Gasteiger partial charge in [0, 0.05) is 15.6 Å². The van der Waals surface area contributed by atoms with E-state index in [1.54, 1.807) is 0 Å². The first-order valence-electron chi connectivity index (χ1n) is 5.50. The Hall–Kier alpha value is -1.44. The number of rotatable bonds is 3. The van der Waals surface area contributed by atoms with E-state index in [0.717, 1.165) is 18.2 Å². The number of benzene rings is 2. The van der Waals surface area contributed by atoms with Crippen molar-refractivity contribution in [3.63, 3.8) is 0 Å². The van der Waals surface area contributed by atoms with Crippen molar-refractivity contribution in [2.75, 3.05) is 0 Å². The quantitative estimate of drug-likeness (QED) is 0.505. The Labute approximate surface area is 120 Å². The molecule has 0 aliphatic heterocycles. The van der Waals surface area contributed by atoms with Gasteiger partial charge in [0.25, 0.3) is 0 Å². The third kappa shape index (κ3) is 2.70. The zero-order valence-electron chi connectivity index (χ0n) is 9.93. The maximum atomic E-state index is 13.9. The van der Waals surface area contributed by atoms with Crippen LogP contribution in [-0.2, 0) is 0 Å². The minimum Gasteiger partial charge on any atom is -0.271 e. The Morgan fingerprint density at radius 3 is 2.15 bits per heavy atom. The molecule has 0 fully saturated rings. The molecule has 0 heterocycles. The molecule has 0 bridgehead atoms. The number of hydrogen-bond acceptors (Lipinski definition) is 2. The van der Waals surface area contributed by atoms with Crippen LogP contribution in [0.2, 0.25) is 0 Å². The highest BCUT2D eigenvalue weighted by molar-refractivity contribution is 9.10. The van der Waals surface area contributed by atoms with Crippen LogP contribution in [0.4, 0.5) is 17.6 Å². The third-order valence-corrected chi connectivity index (χ3v) is 3.25. The summed E-state index contributed by atoms with van der Waals surface area (Å²) in [5.74, 6) is 1.06. The molecule has 0 saturated heterocycles. The first-order valence-corrected chi connectivity index (χ1v) is 6.29. The molecule has 0 aliphatic carbocycles. The van der Waals surface area contributed by atoms with Gasteiger partial charge < -0.3 is 0 Å². The summed E-state index contributed by atoms with van der Waals surface area (Å²) in [5.41, 5.74) is 1.33. The van der Waals surface area contributed by atoms with Crippen molar-refractivity contribution >= 4 is 15.9 Å². The predicted octanol–water partition coefficient (Wildman–Crippen LogP) is 3.56. The summed E-state index contributed by atoms with van der Waals surface area (Å²) in [6.07, 6.45) is 0. The number of halogens is 5. The van der Waals surface area contributed by atoms with Crippen LogP contribution in [-0.4, -0.2) is 0 Å². The van der Waals surface area contributed by atoms with Gasteiger partial charge in [0.1, 0.15) is 11.6 Å². The molecule has 0 radical (unpaired) electrons. The highest BCUT2D eigenvalue weighted by Crippen LogP contribution is 2.30. The zero-order chi connectivity index (χ0) is 14.9. The molecule has 2 nitrogen and oxygen atoms in total. The maximum absolute atomic E-state index is 13.9. The third-order valence-electron chi connectivity index (χ3n) is 2.79. The van der Waals surface area contributed by atoms with E-state index in [2.05, 4.69) is 21.4 Å². The summed E-state index contributed by atoms with van der Waals surface area (Å²) in [6, 6.07) is 4.01. The van der Waals surface area contributed by atoms with Crippen LogP contribution in [0.5, 0.6) is 0 Å². The van der Waals surface area contributed by atoms with Crippen molar-refractivity contribution in [1.82, 2.24) is 5.43 Å². The second-order valence-corrected chi connectivity index (χ2v) is 4.94. The summed E-state index contributed by atoms with van der Waals surface area (Å²) < 4.78 is 54.9. The van der Waals surface area contributed by atoms with Gasteiger partial charge in [-0.15, -0.1) is 0 Å². The Morgan fingerprint density at radius 2 is 1.60 bits per heavy atom. The minimum atomic E-state index is -1.35. The summed E-state index contributed by atoms with van der Waals surface area (Å²) in [7, 11) is 0. The largest absolute Gasteiger partial charge is 0.271 e. The molecule has 3 N–H and O–H groups in total. The van der Waals surface area contributed by atoms with Crippen molar-refractivity contribution in [2.45, 2.75) is 6.04 Å². The molecule has 0 aromatic heterocycles. The Morgan fingerprint density at radius 1 is 1.00 bits per heavy atom. The maximum Gasteiger partial charge on any atom is 0.163 e. The van der Waals surface area contributed by atoms with Crippen molar-refractivity contribution in [1.29, 1.82) is 0 Å². The molecule has 0 saturated carbocycles. The van der Waals surface area contributed by atoms with Crippen LogP contribution in [0.25, 0.3) is 0 Å². The second-order valence-electron chi connectivity index (χ2n) is 4.03. The Balaban J connectivity index is 2.62. The van der Waals surface area contributed by atoms with Crippen LogP contribution in [0.15, 0.2) is 34.8 Å². The molecule has 1 atom stereocenters. The van der Waals surface area contributed by atoms with Gasteiger partial charge in [0.05, 0.1) is 6.04 Å². The lowest BCUT2D eigenvalue weighted by atomic mass is 9.97. The standard InChI is InChI=1S/C13H9BrF4N2/c14-6-4-9(16)11(10(17)5-6)13(20-19)7-2-1-3-8(15)12(7)18/h1-5,13,20H,19H2. The first-order chi connectivity index (χ1) is 9.45. The van der Waals surface area contributed by atoms with Crippen molar-refractivity contribution < 1.29 is 17.6 Å². The molecule has 2 rings (SSSR count). The van der Waals surface area contributed by atoms with Crippen LogP contribution in [0.3, 0.4) is 0 Å². The average Bonchev–Trinajstić information content (AvgIpc) is 2.37. The molecular formula is C13H9BrF4N2. The molecule has 2 aromatic carbocycles. The van der Waals surface area contributed by atoms with E-state index in [4.69, 9.17) is 5.84 Å². The summed E-state index contributed by atoms with van der Waals surface area (Å²) in [6.45, 7) is 0. The summed E-state index contributed by atoms with van der Waals surface area (Å²) in [5, 5.41) is 0. The lowest BCUT2D eigenvalue weighted by molar-refractivity contribution is 0.465. The van der Waals surface area contributed by atoms with Gasteiger partial charge in [0.2, 0.25) is 0 Å². The van der Waals surface area contributed by atoms with Crippen molar-refractivity contribution in [3.05, 3.63) is 69.2 Å². The van der Waals surface area contributed by atoms with Crippen molar-refractivity contribution in [3.8, 4) is 0 Å². The van der Waals surface area contributed by atoms with Crippen LogP contribution in [0, 0.1) is 23.3 Å². The summed E-state index contributed by atoms with van der Waals surface area (Å²) >= 11 is 2.93. The zero-order valence-corrected chi connectivity index (χ0v) is 11.5. The molecule has 0 amide bonds. The lowest BCUT2D eigenvalue weighted by Gasteiger charge is -2.19. The molecule has 7 heteroatoms. The van der Waals surface area contributed by atoms with Crippen LogP contribution >= 0.6 is 15.9 Å². The molecule has 1 unspecified atom stereocenters. The van der Waals surface area contributed by atoms with E-state index < -0.39 is 34.9 Å². The van der Waals surface area contributed by atoms with E-state index in [0.29, 0.717) is 0 Å². The Bertz CT molecular complexity index is 625. The number of nitrogens with two attached hydrogens (primary N) is 1. The van der Waals surface area contributed by atoms with E-state index in [-0.39, 0.29) is 10.0 Å². The Kier molecular flexibility index (Phi) is 4.42. The minimum absolute atomic E-state index is 0.187. The number of hydrazine groups is 1. The number of hydrogen-bond donors (Lipinski definition) is 2. The van der Waals surface area contributed by atoms with Crippen LogP contribution < -0.4 is 11.3 Å². The normalized spacial score (nSPS) is 12.5. The first kappa shape index (κ1) is 15.0. The van der Waals surface area contributed by atoms with Crippen molar-refractivity contribution in [2.24, 2.45) is 5.84 Å². The number of nitrogens with one attached hydrogen (secondary N) is 1. The molecule has 20 heavy (non-hydrogen) atoms. The van der Waals surface area contributed by atoms with E-state index in [9.17, 15) is 17.6 Å². The lowest BCUT2D eigenvalue weighted by Crippen LogP contribution is -2.31. The van der Waals surface area contributed by atoms with Gasteiger partial charge in [-0.1, -0.05) is 28.1 Å². The molecule has 106 valence electrons. The van der Waals surface area contributed by atoms with Gasteiger partial charge in [-0.3, -0.25) is 5.84 Å². The summed E-state index contributed by atoms with van der Waals surface area (Å²) in [4.78, 5) is 0. The van der Waals surface area contributed by atoms with Gasteiger partial charge in [-0.2, -0.15) is 0 Å². The van der Waals surface area contributed by atoms with Gasteiger partial charge in [-0.05, 0) is 18.2 Å². The fourth-order valence-corrected chi connectivity index (χ4v) is 2.30. The fraction of sp³-hybridized carbons (Fsp3) is 0.0769. The van der Waals surface area contributed by atoms with Crippen LogP contribution in [0.1, 0.15) is 17.2 Å². The molecule has 2 aromatic rings. The monoisotopic (exact) mass is 348 g/mol. The smallest absolute Gasteiger partial charge is 0.163 e. The van der Waals surface area contributed by atoms with Gasteiger partial charge in [-0.25, -0.2) is 23.0 Å². The molecule has 0 spiro atoms. The van der Waals surface area contributed by atoms with E-state index >= 15 is 0 Å². The van der Waals surface area contributed by atoms with E-state index in [1.165, 1.54) is 12.1 Å². The molecule has 0 aliphatic rings. The second kappa shape index (κ2) is 5.90. The molecular weight excluding hydrogens is 340 g/mol. The SMILES string of the molecule is NNC(c1cccc(F)c1F)c1c(F)cc(Br)cc1F. The van der Waals surface area contributed by atoms with E-state index in [1.807, 2.05) is 0 Å².